The Balaban J connectivity index is 2.27. The van der Waals surface area contributed by atoms with Crippen LogP contribution in [0.3, 0.4) is 0 Å². The van der Waals surface area contributed by atoms with E-state index in [0.29, 0.717) is 17.5 Å². The van der Waals surface area contributed by atoms with E-state index in [2.05, 4.69) is 12.2 Å². The van der Waals surface area contributed by atoms with E-state index in [0.717, 1.165) is 25.2 Å². The highest BCUT2D eigenvalue weighted by molar-refractivity contribution is 5.87. The monoisotopic (exact) mass is 306 g/mol. The van der Waals surface area contributed by atoms with Gasteiger partial charge in [-0.2, -0.15) is 0 Å². The number of carbonyl (C=O) groups excluding carboxylic acids is 1. The number of hydrogen-bond acceptors (Lipinski definition) is 4. The summed E-state index contributed by atoms with van der Waals surface area (Å²) in [6.45, 7) is 8.36. The van der Waals surface area contributed by atoms with Crippen molar-refractivity contribution in [1.82, 2.24) is 10.2 Å². The van der Waals surface area contributed by atoms with Gasteiger partial charge in [-0.15, -0.1) is 0 Å². The van der Waals surface area contributed by atoms with Gasteiger partial charge in [-0.25, -0.2) is 0 Å². The molecular formula is C17H26N2O3. The molecule has 2 rings (SSSR count). The summed E-state index contributed by atoms with van der Waals surface area (Å²) in [5.41, 5.74) is 0.331. The van der Waals surface area contributed by atoms with Gasteiger partial charge in [0.2, 0.25) is 5.91 Å². The predicted molar refractivity (Wildman–Crippen MR) is 86.6 cm³/mol. The molecule has 1 N–H and O–H groups in total. The summed E-state index contributed by atoms with van der Waals surface area (Å²) in [5, 5.41) is 3.36. The lowest BCUT2D eigenvalue weighted by atomic mass is 9.82. The predicted octanol–water partition coefficient (Wildman–Crippen LogP) is 1.80. The van der Waals surface area contributed by atoms with Gasteiger partial charge in [0.1, 0.15) is 0 Å². The fourth-order valence-electron chi connectivity index (χ4n) is 2.86. The molecule has 5 heteroatoms. The van der Waals surface area contributed by atoms with E-state index in [9.17, 15) is 4.79 Å². The van der Waals surface area contributed by atoms with Crippen LogP contribution in [0.5, 0.6) is 11.5 Å². The first kappa shape index (κ1) is 16.6. The molecule has 0 aromatic heterocycles. The molecule has 0 aliphatic carbocycles. The molecule has 1 fully saturated rings. The van der Waals surface area contributed by atoms with Gasteiger partial charge < -0.3 is 19.7 Å². The van der Waals surface area contributed by atoms with Gasteiger partial charge in [0.05, 0.1) is 19.6 Å². The first-order valence-electron chi connectivity index (χ1n) is 7.65. The fourth-order valence-corrected chi connectivity index (χ4v) is 2.86. The van der Waals surface area contributed by atoms with E-state index in [-0.39, 0.29) is 5.91 Å². The van der Waals surface area contributed by atoms with Crippen molar-refractivity contribution < 1.29 is 14.3 Å². The van der Waals surface area contributed by atoms with Crippen LogP contribution < -0.4 is 14.8 Å². The zero-order valence-electron chi connectivity index (χ0n) is 14.1. The van der Waals surface area contributed by atoms with E-state index < -0.39 is 5.41 Å². The molecule has 0 radical (unpaired) electrons. The van der Waals surface area contributed by atoms with E-state index in [4.69, 9.17) is 9.47 Å². The third-order valence-electron chi connectivity index (χ3n) is 4.30. The average Bonchev–Trinajstić information content (AvgIpc) is 2.53. The van der Waals surface area contributed by atoms with E-state index >= 15 is 0 Å². The summed E-state index contributed by atoms with van der Waals surface area (Å²) < 4.78 is 10.6. The Kier molecular flexibility index (Phi) is 4.96. The molecule has 1 aliphatic heterocycles. The van der Waals surface area contributed by atoms with Gasteiger partial charge in [-0.3, -0.25) is 4.79 Å². The molecule has 1 atom stereocenters. The molecule has 1 saturated heterocycles. The van der Waals surface area contributed by atoms with Crippen molar-refractivity contribution in [2.24, 2.45) is 0 Å². The summed E-state index contributed by atoms with van der Waals surface area (Å²) in [5.74, 6) is 1.47. The smallest absolute Gasteiger partial charge is 0.232 e. The quantitative estimate of drug-likeness (QED) is 0.921. The number of piperazine rings is 1. The zero-order valence-corrected chi connectivity index (χ0v) is 14.1. The molecule has 0 saturated carbocycles. The van der Waals surface area contributed by atoms with Gasteiger partial charge in [-0.1, -0.05) is 6.07 Å². The number of hydrogen-bond donors (Lipinski definition) is 1. The second-order valence-corrected chi connectivity index (χ2v) is 6.30. The van der Waals surface area contributed by atoms with Crippen molar-refractivity contribution in [2.45, 2.75) is 32.2 Å². The summed E-state index contributed by atoms with van der Waals surface area (Å²) in [7, 11) is 3.21. The minimum Gasteiger partial charge on any atom is -0.493 e. The second kappa shape index (κ2) is 6.57. The van der Waals surface area contributed by atoms with Crippen LogP contribution in [0.4, 0.5) is 0 Å². The third-order valence-corrected chi connectivity index (χ3v) is 4.30. The molecule has 0 bridgehead atoms. The number of nitrogens with zero attached hydrogens (tertiary/aromatic N) is 1. The number of benzene rings is 1. The van der Waals surface area contributed by atoms with Gasteiger partial charge in [0.25, 0.3) is 0 Å². The normalized spacial score (nSPS) is 19.0. The lowest BCUT2D eigenvalue weighted by Crippen LogP contribution is -2.55. The molecule has 1 aliphatic rings. The van der Waals surface area contributed by atoms with Crippen LogP contribution in [0.25, 0.3) is 0 Å². The highest BCUT2D eigenvalue weighted by Gasteiger charge is 2.35. The van der Waals surface area contributed by atoms with E-state index in [1.807, 2.05) is 36.9 Å². The van der Waals surface area contributed by atoms with Crippen LogP contribution in [0.15, 0.2) is 18.2 Å². The number of nitrogens with one attached hydrogen (secondary N) is 1. The number of rotatable bonds is 4. The van der Waals surface area contributed by atoms with Crippen molar-refractivity contribution in [3.63, 3.8) is 0 Å². The van der Waals surface area contributed by atoms with Crippen LogP contribution >= 0.6 is 0 Å². The number of amides is 1. The molecule has 5 nitrogen and oxygen atoms in total. The van der Waals surface area contributed by atoms with Crippen molar-refractivity contribution in [3.8, 4) is 11.5 Å². The first-order chi connectivity index (χ1) is 10.4. The molecule has 1 aromatic rings. The van der Waals surface area contributed by atoms with Crippen LogP contribution in [0.2, 0.25) is 0 Å². The van der Waals surface area contributed by atoms with Gasteiger partial charge in [-0.05, 0) is 38.5 Å². The third kappa shape index (κ3) is 3.19. The molecule has 1 aromatic carbocycles. The second-order valence-electron chi connectivity index (χ2n) is 6.30. The molecule has 1 heterocycles. The maximum Gasteiger partial charge on any atom is 0.232 e. The topological polar surface area (TPSA) is 50.8 Å². The van der Waals surface area contributed by atoms with Crippen LogP contribution in [0, 0.1) is 0 Å². The maximum absolute atomic E-state index is 12.9. The molecule has 1 unspecified atom stereocenters. The Morgan fingerprint density at radius 3 is 2.55 bits per heavy atom. The lowest BCUT2D eigenvalue weighted by Gasteiger charge is -2.37. The number of ether oxygens (including phenoxy) is 2. The highest BCUT2D eigenvalue weighted by Crippen LogP contribution is 2.34. The van der Waals surface area contributed by atoms with Crippen molar-refractivity contribution >= 4 is 5.91 Å². The van der Waals surface area contributed by atoms with Crippen molar-refractivity contribution in [1.29, 1.82) is 0 Å². The minimum atomic E-state index is -0.601. The standard InChI is InChI=1S/C17H26N2O3/c1-12-11-19(9-8-18-12)16(20)17(2,3)13-6-7-14(21-4)15(10-13)22-5/h6-7,10,12,18H,8-9,11H2,1-5H3. The van der Waals surface area contributed by atoms with Gasteiger partial charge in [0.15, 0.2) is 11.5 Å². The molecule has 0 spiro atoms. The Morgan fingerprint density at radius 1 is 1.27 bits per heavy atom. The van der Waals surface area contributed by atoms with E-state index in [1.165, 1.54) is 0 Å². The Morgan fingerprint density at radius 2 is 1.95 bits per heavy atom. The van der Waals surface area contributed by atoms with Crippen molar-refractivity contribution in [2.75, 3.05) is 33.9 Å². The Bertz CT molecular complexity index is 543. The fraction of sp³-hybridized carbons (Fsp3) is 0.588. The van der Waals surface area contributed by atoms with Crippen molar-refractivity contribution in [3.05, 3.63) is 23.8 Å². The van der Waals surface area contributed by atoms with Crippen LogP contribution in [-0.2, 0) is 10.2 Å². The number of methoxy groups -OCH3 is 2. The van der Waals surface area contributed by atoms with E-state index in [1.54, 1.807) is 14.2 Å². The summed E-state index contributed by atoms with van der Waals surface area (Å²) in [6.07, 6.45) is 0. The van der Waals surface area contributed by atoms with Crippen LogP contribution in [-0.4, -0.2) is 50.7 Å². The number of carbonyl (C=O) groups is 1. The minimum absolute atomic E-state index is 0.146. The summed E-state index contributed by atoms with van der Waals surface area (Å²) in [6, 6.07) is 6.01. The molecule has 1 amide bonds. The van der Waals surface area contributed by atoms with Crippen LogP contribution in [0.1, 0.15) is 26.3 Å². The largest absolute Gasteiger partial charge is 0.493 e. The lowest BCUT2D eigenvalue weighted by molar-refractivity contribution is -0.137. The summed E-state index contributed by atoms with van der Waals surface area (Å²) in [4.78, 5) is 14.9. The highest BCUT2D eigenvalue weighted by atomic mass is 16.5. The van der Waals surface area contributed by atoms with Gasteiger partial charge >= 0.3 is 0 Å². The maximum atomic E-state index is 12.9. The van der Waals surface area contributed by atoms with Gasteiger partial charge in [0, 0.05) is 25.7 Å². The Labute approximate surface area is 132 Å². The molecular weight excluding hydrogens is 280 g/mol. The summed E-state index contributed by atoms with van der Waals surface area (Å²) >= 11 is 0. The molecule has 122 valence electrons. The zero-order chi connectivity index (χ0) is 16.3. The molecule has 22 heavy (non-hydrogen) atoms. The Hall–Kier alpha value is -1.75. The average molecular weight is 306 g/mol. The SMILES string of the molecule is COc1ccc(C(C)(C)C(=O)N2CCNC(C)C2)cc1OC. The first-order valence-corrected chi connectivity index (χ1v) is 7.65.